The van der Waals surface area contributed by atoms with Crippen LogP contribution in [0.25, 0.3) is 0 Å². The normalized spacial score (nSPS) is 18.2. The highest BCUT2D eigenvalue weighted by Crippen LogP contribution is 2.38. The molecule has 0 bridgehead atoms. The predicted molar refractivity (Wildman–Crippen MR) is 68.2 cm³/mol. The van der Waals surface area contributed by atoms with Crippen LogP contribution in [0.4, 0.5) is 0 Å². The number of hydrogen-bond acceptors (Lipinski definition) is 5. The summed E-state index contributed by atoms with van der Waals surface area (Å²) in [4.78, 5) is 12.3. The molecule has 1 aliphatic rings. The number of nitrogens with two attached hydrogens (primary N) is 1. The summed E-state index contributed by atoms with van der Waals surface area (Å²) in [7, 11) is 0. The van der Waals surface area contributed by atoms with Gasteiger partial charge in [-0.15, -0.1) is 0 Å². The Morgan fingerprint density at radius 2 is 2.26 bits per heavy atom. The molecule has 0 aliphatic heterocycles. The van der Waals surface area contributed by atoms with Gasteiger partial charge < -0.3 is 16.3 Å². The Morgan fingerprint density at radius 3 is 2.84 bits per heavy atom. The van der Waals surface area contributed by atoms with Gasteiger partial charge in [0, 0.05) is 6.20 Å². The molecule has 19 heavy (non-hydrogen) atoms. The van der Waals surface area contributed by atoms with Gasteiger partial charge in [-0.25, -0.2) is 0 Å². The van der Waals surface area contributed by atoms with Gasteiger partial charge in [-0.2, -0.15) is 10.2 Å². The number of nitrogens with one attached hydrogen (secondary N) is 1. The minimum atomic E-state index is -0.878. The number of carbonyl (C=O) groups is 1. The van der Waals surface area contributed by atoms with Crippen molar-refractivity contribution < 1.29 is 10.0 Å². The summed E-state index contributed by atoms with van der Waals surface area (Å²) >= 11 is 0. The van der Waals surface area contributed by atoms with E-state index >= 15 is 0 Å². The monoisotopic (exact) mass is 263 g/mol. The molecule has 7 nitrogen and oxygen atoms in total. The molecule has 1 amide bonds. The van der Waals surface area contributed by atoms with E-state index in [4.69, 9.17) is 10.9 Å². The lowest BCUT2D eigenvalue weighted by Crippen LogP contribution is -2.48. The van der Waals surface area contributed by atoms with Crippen LogP contribution in [0, 0.1) is 5.41 Å². The molecule has 7 heteroatoms. The lowest BCUT2D eigenvalue weighted by molar-refractivity contribution is -0.127. The van der Waals surface area contributed by atoms with Crippen LogP contribution in [0.1, 0.15) is 31.4 Å². The molecule has 1 fully saturated rings. The van der Waals surface area contributed by atoms with Gasteiger partial charge >= 0.3 is 0 Å². The van der Waals surface area contributed by atoms with Crippen molar-refractivity contribution in [1.82, 2.24) is 15.5 Å². The molecule has 0 spiro atoms. The van der Waals surface area contributed by atoms with Gasteiger partial charge in [0.1, 0.15) is 5.41 Å². The van der Waals surface area contributed by atoms with Crippen LogP contribution in [0.3, 0.4) is 0 Å². The number of amides is 1. The van der Waals surface area contributed by atoms with Crippen LogP contribution in [-0.4, -0.2) is 27.1 Å². The Balaban J connectivity index is 2.05. The number of amidine groups is 1. The third-order valence-corrected chi connectivity index (χ3v) is 3.55. The van der Waals surface area contributed by atoms with Gasteiger partial charge in [0.2, 0.25) is 5.91 Å². The highest BCUT2D eigenvalue weighted by Gasteiger charge is 2.45. The van der Waals surface area contributed by atoms with Crippen molar-refractivity contribution in [2.75, 3.05) is 0 Å². The first-order chi connectivity index (χ1) is 9.19. The summed E-state index contributed by atoms with van der Waals surface area (Å²) in [5.41, 5.74) is 5.49. The van der Waals surface area contributed by atoms with Crippen LogP contribution in [0.5, 0.6) is 0 Å². The van der Waals surface area contributed by atoms with Crippen molar-refractivity contribution in [2.24, 2.45) is 16.3 Å². The molecule has 1 saturated carbocycles. The smallest absolute Gasteiger partial charge is 0.234 e. The van der Waals surface area contributed by atoms with E-state index in [1.54, 1.807) is 18.3 Å². The lowest BCUT2D eigenvalue weighted by Gasteiger charge is -2.25. The molecule has 1 aromatic rings. The first-order valence-corrected chi connectivity index (χ1v) is 6.22. The van der Waals surface area contributed by atoms with E-state index in [1.807, 2.05) is 0 Å². The Hall–Kier alpha value is -2.18. The second-order valence-electron chi connectivity index (χ2n) is 4.67. The van der Waals surface area contributed by atoms with Crippen molar-refractivity contribution in [3.05, 3.63) is 24.0 Å². The molecule has 0 aromatic carbocycles. The number of aromatic nitrogens is 2. The maximum Gasteiger partial charge on any atom is 0.234 e. The number of rotatable bonds is 4. The number of nitrogens with zero attached hydrogens (tertiary/aromatic N) is 3. The fourth-order valence-corrected chi connectivity index (χ4v) is 2.44. The largest absolute Gasteiger partial charge is 0.409 e. The maximum atomic E-state index is 12.3. The quantitative estimate of drug-likeness (QED) is 0.315. The Morgan fingerprint density at radius 1 is 1.53 bits per heavy atom. The first kappa shape index (κ1) is 13.3. The Bertz CT molecular complexity index is 468. The van der Waals surface area contributed by atoms with Crippen molar-refractivity contribution in [3.8, 4) is 0 Å². The zero-order valence-electron chi connectivity index (χ0n) is 10.5. The van der Waals surface area contributed by atoms with E-state index < -0.39 is 5.41 Å². The molecule has 4 N–H and O–H groups in total. The van der Waals surface area contributed by atoms with Gasteiger partial charge in [-0.3, -0.25) is 4.79 Å². The third kappa shape index (κ3) is 2.64. The van der Waals surface area contributed by atoms with E-state index in [9.17, 15) is 4.79 Å². The highest BCUT2D eigenvalue weighted by molar-refractivity contribution is 6.06. The lowest BCUT2D eigenvalue weighted by atomic mass is 9.84. The van der Waals surface area contributed by atoms with Crippen molar-refractivity contribution in [1.29, 1.82) is 0 Å². The molecular weight excluding hydrogens is 246 g/mol. The van der Waals surface area contributed by atoms with Gasteiger partial charge in [0.05, 0.1) is 12.2 Å². The second kappa shape index (κ2) is 5.64. The van der Waals surface area contributed by atoms with Crippen LogP contribution in [0.2, 0.25) is 0 Å². The summed E-state index contributed by atoms with van der Waals surface area (Å²) in [6, 6.07) is 3.53. The van der Waals surface area contributed by atoms with Crippen LogP contribution >= 0.6 is 0 Å². The number of hydrogen-bond donors (Lipinski definition) is 3. The average molecular weight is 263 g/mol. The standard InChI is InChI=1S/C12H17N5O2/c13-10(17-19)12(5-1-2-6-12)11(18)14-8-9-4-3-7-15-16-9/h3-4,7,19H,1-2,5-6,8H2,(H2,13,17)(H,14,18). The fraction of sp³-hybridized carbons (Fsp3) is 0.500. The predicted octanol–water partition coefficient (Wildman–Crippen LogP) is 0.400. The minimum Gasteiger partial charge on any atom is -0.409 e. The molecule has 1 aliphatic carbocycles. The van der Waals surface area contributed by atoms with E-state index in [-0.39, 0.29) is 18.3 Å². The first-order valence-electron chi connectivity index (χ1n) is 6.22. The topological polar surface area (TPSA) is 113 Å². The summed E-state index contributed by atoms with van der Waals surface area (Å²) in [6.07, 6.45) is 4.58. The van der Waals surface area contributed by atoms with Crippen molar-refractivity contribution >= 4 is 11.7 Å². The number of carbonyl (C=O) groups excluding carboxylic acids is 1. The minimum absolute atomic E-state index is 0.0124. The van der Waals surface area contributed by atoms with Gasteiger partial charge in [0.15, 0.2) is 5.84 Å². The summed E-state index contributed by atoms with van der Waals surface area (Å²) < 4.78 is 0. The van der Waals surface area contributed by atoms with Crippen molar-refractivity contribution in [3.63, 3.8) is 0 Å². The molecule has 102 valence electrons. The molecule has 2 rings (SSSR count). The van der Waals surface area contributed by atoms with Gasteiger partial charge in [-0.1, -0.05) is 18.0 Å². The average Bonchev–Trinajstić information content (AvgIpc) is 2.96. The SMILES string of the molecule is N/C(=N/O)C1(C(=O)NCc2cccnn2)CCCC1. The van der Waals surface area contributed by atoms with Crippen molar-refractivity contribution in [2.45, 2.75) is 32.2 Å². The molecule has 0 unspecified atom stereocenters. The zero-order chi connectivity index (χ0) is 13.7. The molecule has 0 atom stereocenters. The zero-order valence-corrected chi connectivity index (χ0v) is 10.5. The van der Waals surface area contributed by atoms with Gasteiger partial charge in [0.25, 0.3) is 0 Å². The summed E-state index contributed by atoms with van der Waals surface area (Å²) in [5.74, 6) is -0.229. The highest BCUT2D eigenvalue weighted by atomic mass is 16.4. The Labute approximate surface area is 110 Å². The van der Waals surface area contributed by atoms with E-state index in [2.05, 4.69) is 20.7 Å². The summed E-state index contributed by atoms with van der Waals surface area (Å²) in [5, 5.41) is 22.3. The van der Waals surface area contributed by atoms with Crippen LogP contribution in [-0.2, 0) is 11.3 Å². The number of oxime groups is 1. The van der Waals surface area contributed by atoms with E-state index in [0.29, 0.717) is 18.5 Å². The molecule has 1 aromatic heterocycles. The third-order valence-electron chi connectivity index (χ3n) is 3.55. The second-order valence-corrected chi connectivity index (χ2v) is 4.67. The molecular formula is C12H17N5O2. The van der Waals surface area contributed by atoms with Crippen LogP contribution in [0.15, 0.2) is 23.5 Å². The van der Waals surface area contributed by atoms with Crippen LogP contribution < -0.4 is 11.1 Å². The fourth-order valence-electron chi connectivity index (χ4n) is 2.44. The van der Waals surface area contributed by atoms with E-state index in [1.165, 1.54) is 0 Å². The summed E-state index contributed by atoms with van der Waals surface area (Å²) in [6.45, 7) is 0.285. The maximum absolute atomic E-state index is 12.3. The molecule has 0 saturated heterocycles. The van der Waals surface area contributed by atoms with E-state index in [0.717, 1.165) is 12.8 Å². The molecule has 1 heterocycles. The molecule has 0 radical (unpaired) electrons. The Kier molecular flexibility index (Phi) is 3.94. The van der Waals surface area contributed by atoms with Gasteiger partial charge in [-0.05, 0) is 25.0 Å².